The van der Waals surface area contributed by atoms with Crippen molar-refractivity contribution in [2.75, 3.05) is 19.8 Å². The van der Waals surface area contributed by atoms with E-state index in [9.17, 15) is 4.79 Å². The molecule has 0 N–H and O–H groups in total. The molecule has 17 heavy (non-hydrogen) atoms. The van der Waals surface area contributed by atoms with Gasteiger partial charge in [-0.3, -0.25) is 9.80 Å². The minimum Gasteiger partial charge on any atom is -0.444 e. The second-order valence-electron chi connectivity index (χ2n) is 6.15. The van der Waals surface area contributed by atoms with Gasteiger partial charge in [0.05, 0.1) is 6.67 Å². The van der Waals surface area contributed by atoms with Gasteiger partial charge in [-0.25, -0.2) is 4.79 Å². The molecule has 0 bridgehead atoms. The Morgan fingerprint density at radius 2 is 1.88 bits per heavy atom. The quantitative estimate of drug-likeness (QED) is 0.759. The molecule has 1 amide bonds. The molecule has 0 aromatic rings. The number of carbonyl (C=O) groups excluding carboxylic acids is 1. The zero-order chi connectivity index (χ0) is 12.5. The molecule has 2 rings (SSSR count). The topological polar surface area (TPSA) is 32.8 Å². The molecule has 1 aliphatic heterocycles. The van der Waals surface area contributed by atoms with Gasteiger partial charge in [0, 0.05) is 6.04 Å². The van der Waals surface area contributed by atoms with E-state index in [1.165, 1.54) is 12.8 Å². The molecule has 2 aliphatic rings. The molecule has 0 atom stereocenters. The van der Waals surface area contributed by atoms with Crippen LogP contribution in [0, 0.1) is 0 Å². The van der Waals surface area contributed by atoms with Crippen LogP contribution in [0.2, 0.25) is 0 Å². The normalized spacial score (nSPS) is 21.6. The van der Waals surface area contributed by atoms with Crippen LogP contribution in [-0.2, 0) is 4.74 Å². The molecule has 0 unspecified atom stereocenters. The molecule has 1 saturated heterocycles. The molecule has 1 heterocycles. The summed E-state index contributed by atoms with van der Waals surface area (Å²) in [6.07, 6.45) is 4.63. The van der Waals surface area contributed by atoms with E-state index in [0.717, 1.165) is 32.6 Å². The highest BCUT2D eigenvalue weighted by Crippen LogP contribution is 2.29. The van der Waals surface area contributed by atoms with Crippen molar-refractivity contribution in [3.8, 4) is 0 Å². The lowest BCUT2D eigenvalue weighted by atomic mass is 10.2. The van der Waals surface area contributed by atoms with Crippen LogP contribution in [0.1, 0.15) is 46.5 Å². The highest BCUT2D eigenvalue weighted by molar-refractivity contribution is 5.68. The van der Waals surface area contributed by atoms with Gasteiger partial charge in [0.2, 0.25) is 0 Å². The molecule has 1 aliphatic carbocycles. The molecule has 0 spiro atoms. The molecular weight excluding hydrogens is 216 g/mol. The summed E-state index contributed by atoms with van der Waals surface area (Å²) in [5, 5.41) is 0. The predicted octanol–water partition coefficient (Wildman–Crippen LogP) is 2.44. The molecule has 2 fully saturated rings. The Morgan fingerprint density at radius 1 is 1.29 bits per heavy atom. The van der Waals surface area contributed by atoms with Gasteiger partial charge >= 0.3 is 6.09 Å². The Balaban J connectivity index is 1.89. The van der Waals surface area contributed by atoms with Crippen molar-refractivity contribution >= 4 is 6.09 Å². The van der Waals surface area contributed by atoms with Gasteiger partial charge in [0.15, 0.2) is 0 Å². The van der Waals surface area contributed by atoms with Gasteiger partial charge in [-0.1, -0.05) is 0 Å². The van der Waals surface area contributed by atoms with Gasteiger partial charge in [0.1, 0.15) is 5.60 Å². The first-order valence-electron chi connectivity index (χ1n) is 6.68. The van der Waals surface area contributed by atoms with Crippen LogP contribution in [0.3, 0.4) is 0 Å². The van der Waals surface area contributed by atoms with Crippen LogP contribution in [0.5, 0.6) is 0 Å². The van der Waals surface area contributed by atoms with Crippen molar-refractivity contribution in [1.82, 2.24) is 9.80 Å². The summed E-state index contributed by atoms with van der Waals surface area (Å²) in [6, 6.07) is 0.422. The van der Waals surface area contributed by atoms with Crippen molar-refractivity contribution in [2.24, 2.45) is 0 Å². The summed E-state index contributed by atoms with van der Waals surface area (Å²) < 4.78 is 5.47. The number of carbonyl (C=O) groups is 1. The maximum absolute atomic E-state index is 12.1. The first-order valence-corrected chi connectivity index (χ1v) is 6.68. The number of likely N-dealkylation sites (tertiary alicyclic amines) is 1. The fourth-order valence-electron chi connectivity index (χ4n) is 2.17. The first kappa shape index (κ1) is 12.7. The molecule has 4 nitrogen and oxygen atoms in total. The zero-order valence-electron chi connectivity index (χ0n) is 11.2. The van der Waals surface area contributed by atoms with Crippen LogP contribution in [0.4, 0.5) is 4.79 Å². The minimum absolute atomic E-state index is 0.146. The van der Waals surface area contributed by atoms with Gasteiger partial charge in [-0.15, -0.1) is 0 Å². The maximum atomic E-state index is 12.1. The molecule has 0 aromatic carbocycles. The fourth-order valence-corrected chi connectivity index (χ4v) is 2.17. The Kier molecular flexibility index (Phi) is 3.61. The Labute approximate surface area is 104 Å². The van der Waals surface area contributed by atoms with Gasteiger partial charge in [-0.05, 0) is 59.5 Å². The summed E-state index contributed by atoms with van der Waals surface area (Å²) in [5.74, 6) is 0. The van der Waals surface area contributed by atoms with Crippen molar-refractivity contribution in [1.29, 1.82) is 0 Å². The van der Waals surface area contributed by atoms with E-state index < -0.39 is 5.60 Å². The monoisotopic (exact) mass is 240 g/mol. The van der Waals surface area contributed by atoms with Crippen LogP contribution >= 0.6 is 0 Å². The fraction of sp³-hybridized carbons (Fsp3) is 0.923. The zero-order valence-corrected chi connectivity index (χ0v) is 11.2. The van der Waals surface area contributed by atoms with Gasteiger partial charge in [0.25, 0.3) is 0 Å². The lowest BCUT2D eigenvalue weighted by Crippen LogP contribution is -2.44. The lowest BCUT2D eigenvalue weighted by molar-refractivity contribution is 0.0127. The summed E-state index contributed by atoms with van der Waals surface area (Å²) >= 11 is 0. The van der Waals surface area contributed by atoms with Gasteiger partial charge < -0.3 is 4.74 Å². The lowest BCUT2D eigenvalue weighted by Gasteiger charge is -2.30. The Hall–Kier alpha value is -0.770. The first-order chi connectivity index (χ1) is 7.96. The SMILES string of the molecule is CC(C)(C)OC(=O)N(CN1CCCC1)C1CC1. The number of nitrogens with zero attached hydrogens (tertiary/aromatic N) is 2. The number of amides is 1. The largest absolute Gasteiger partial charge is 0.444 e. The average molecular weight is 240 g/mol. The number of ether oxygens (including phenoxy) is 1. The van der Waals surface area contributed by atoms with Crippen molar-refractivity contribution in [3.05, 3.63) is 0 Å². The smallest absolute Gasteiger partial charge is 0.411 e. The van der Waals surface area contributed by atoms with E-state index in [1.807, 2.05) is 25.7 Å². The van der Waals surface area contributed by atoms with Crippen LogP contribution < -0.4 is 0 Å². The Morgan fingerprint density at radius 3 is 2.35 bits per heavy atom. The van der Waals surface area contributed by atoms with Crippen molar-refractivity contribution in [3.63, 3.8) is 0 Å². The van der Waals surface area contributed by atoms with E-state index in [1.54, 1.807) is 0 Å². The second kappa shape index (κ2) is 4.84. The maximum Gasteiger partial charge on any atom is 0.411 e. The van der Waals surface area contributed by atoms with E-state index in [2.05, 4.69) is 4.90 Å². The molecule has 98 valence electrons. The van der Waals surface area contributed by atoms with Crippen LogP contribution in [-0.4, -0.2) is 47.3 Å². The predicted molar refractivity (Wildman–Crippen MR) is 66.8 cm³/mol. The summed E-state index contributed by atoms with van der Waals surface area (Å²) in [5.41, 5.74) is -0.394. The number of hydrogen-bond donors (Lipinski definition) is 0. The van der Waals surface area contributed by atoms with E-state index >= 15 is 0 Å². The van der Waals surface area contributed by atoms with Gasteiger partial charge in [-0.2, -0.15) is 0 Å². The standard InChI is InChI=1S/C13H24N2O2/c1-13(2,3)17-12(16)15(11-6-7-11)10-14-8-4-5-9-14/h11H,4-10H2,1-3H3. The number of rotatable bonds is 3. The molecule has 1 saturated carbocycles. The highest BCUT2D eigenvalue weighted by atomic mass is 16.6. The number of hydrogen-bond acceptors (Lipinski definition) is 3. The average Bonchev–Trinajstić information content (AvgIpc) is 2.89. The van der Waals surface area contributed by atoms with Crippen LogP contribution in [0.25, 0.3) is 0 Å². The molecule has 0 radical (unpaired) electrons. The second-order valence-corrected chi connectivity index (χ2v) is 6.15. The summed E-state index contributed by atoms with van der Waals surface area (Å²) in [7, 11) is 0. The highest BCUT2D eigenvalue weighted by Gasteiger charge is 2.36. The molecule has 0 aromatic heterocycles. The molecular formula is C13H24N2O2. The minimum atomic E-state index is -0.394. The van der Waals surface area contributed by atoms with Crippen LogP contribution in [0.15, 0.2) is 0 Å². The summed E-state index contributed by atoms with van der Waals surface area (Å²) in [4.78, 5) is 16.4. The third-order valence-electron chi connectivity index (χ3n) is 3.17. The molecule has 4 heteroatoms. The van der Waals surface area contributed by atoms with Crippen molar-refractivity contribution in [2.45, 2.75) is 58.1 Å². The van der Waals surface area contributed by atoms with E-state index in [-0.39, 0.29) is 6.09 Å². The third-order valence-corrected chi connectivity index (χ3v) is 3.17. The van der Waals surface area contributed by atoms with E-state index in [4.69, 9.17) is 4.74 Å². The van der Waals surface area contributed by atoms with E-state index in [0.29, 0.717) is 6.04 Å². The third kappa shape index (κ3) is 3.87. The summed E-state index contributed by atoms with van der Waals surface area (Å²) in [6.45, 7) is 8.75. The van der Waals surface area contributed by atoms with Crippen molar-refractivity contribution < 1.29 is 9.53 Å². The Bertz CT molecular complexity index is 276.